The van der Waals surface area contributed by atoms with E-state index in [0.717, 1.165) is 24.6 Å². The summed E-state index contributed by atoms with van der Waals surface area (Å²) < 4.78 is 0. The van der Waals surface area contributed by atoms with Gasteiger partial charge in [0.1, 0.15) is 5.84 Å². The molecule has 3 N–H and O–H groups in total. The molecule has 0 saturated heterocycles. The second kappa shape index (κ2) is 3.42. The van der Waals surface area contributed by atoms with Gasteiger partial charge in [0.2, 0.25) is 0 Å². The van der Waals surface area contributed by atoms with Crippen LogP contribution in [0.2, 0.25) is 0 Å². The molecule has 0 aliphatic carbocycles. The molecule has 1 unspecified atom stereocenters. The fourth-order valence-electron chi connectivity index (χ4n) is 0.966. The lowest BCUT2D eigenvalue weighted by molar-refractivity contribution is 0.555. The fourth-order valence-corrected chi connectivity index (χ4v) is 0.966. The van der Waals surface area contributed by atoms with Gasteiger partial charge in [-0.05, 0) is 18.9 Å². The molecule has 11 heavy (non-hydrogen) atoms. The van der Waals surface area contributed by atoms with Crippen molar-refractivity contribution in [2.24, 2.45) is 16.6 Å². The average Bonchev–Trinajstić information content (AvgIpc) is 1.93. The Morgan fingerprint density at radius 2 is 2.55 bits per heavy atom. The van der Waals surface area contributed by atoms with Crippen LogP contribution in [-0.4, -0.2) is 18.9 Å². The summed E-state index contributed by atoms with van der Waals surface area (Å²) >= 11 is 0. The highest BCUT2D eigenvalue weighted by atomic mass is 15.0. The second-order valence-electron chi connectivity index (χ2n) is 3.10. The molecule has 0 aromatic carbocycles. The van der Waals surface area contributed by atoms with E-state index in [-0.39, 0.29) is 0 Å². The average molecular weight is 153 g/mol. The van der Waals surface area contributed by atoms with E-state index in [2.05, 4.69) is 17.2 Å². The van der Waals surface area contributed by atoms with Crippen LogP contribution in [0.4, 0.5) is 0 Å². The van der Waals surface area contributed by atoms with Crippen molar-refractivity contribution in [3.63, 3.8) is 0 Å². The molecule has 1 aliphatic heterocycles. The van der Waals surface area contributed by atoms with E-state index in [9.17, 15) is 0 Å². The molecule has 1 aliphatic rings. The van der Waals surface area contributed by atoms with Crippen molar-refractivity contribution >= 4 is 5.84 Å². The maximum absolute atomic E-state index is 5.50. The number of nitrogens with one attached hydrogen (secondary N) is 1. The minimum atomic E-state index is 0.644. The molecule has 62 valence electrons. The van der Waals surface area contributed by atoms with Crippen LogP contribution in [0.15, 0.2) is 16.8 Å². The Labute approximate surface area is 67.4 Å². The van der Waals surface area contributed by atoms with Gasteiger partial charge in [0, 0.05) is 18.8 Å². The van der Waals surface area contributed by atoms with Crippen LogP contribution < -0.4 is 11.1 Å². The maximum atomic E-state index is 5.50. The molecule has 3 heteroatoms. The first-order chi connectivity index (χ1) is 5.18. The van der Waals surface area contributed by atoms with Gasteiger partial charge in [0.05, 0.1) is 0 Å². The molecule has 0 aromatic heterocycles. The summed E-state index contributed by atoms with van der Waals surface area (Å²) in [4.78, 5) is 4.30. The molecule has 1 heterocycles. The number of aliphatic imine (C=N–C) groups is 1. The summed E-state index contributed by atoms with van der Waals surface area (Å²) in [5.74, 6) is 1.56. The topological polar surface area (TPSA) is 50.4 Å². The van der Waals surface area contributed by atoms with Gasteiger partial charge < -0.3 is 11.1 Å². The molecule has 0 fully saturated rings. The monoisotopic (exact) mass is 153 g/mol. The molecule has 0 saturated carbocycles. The summed E-state index contributed by atoms with van der Waals surface area (Å²) in [5.41, 5.74) is 6.30. The predicted octanol–water partition coefficient (Wildman–Crippen LogP) is 0.487. The Kier molecular flexibility index (Phi) is 2.52. The van der Waals surface area contributed by atoms with Crippen LogP contribution in [0, 0.1) is 5.92 Å². The van der Waals surface area contributed by atoms with Crippen molar-refractivity contribution in [3.8, 4) is 0 Å². The molecule has 0 amide bonds. The SMILES string of the molecule is CC(N)=CC1=NCC(C)CN1. The Morgan fingerprint density at radius 3 is 3.00 bits per heavy atom. The lowest BCUT2D eigenvalue weighted by atomic mass is 10.1. The first kappa shape index (κ1) is 8.11. The molecule has 1 rings (SSSR count). The number of rotatable bonds is 1. The van der Waals surface area contributed by atoms with Gasteiger partial charge in [-0.3, -0.25) is 4.99 Å². The molecule has 3 nitrogen and oxygen atoms in total. The normalized spacial score (nSPS) is 25.8. The summed E-state index contributed by atoms with van der Waals surface area (Å²) in [6, 6.07) is 0. The van der Waals surface area contributed by atoms with E-state index in [1.165, 1.54) is 0 Å². The summed E-state index contributed by atoms with van der Waals surface area (Å²) in [7, 11) is 0. The Balaban J connectivity index is 2.55. The quantitative estimate of drug-likeness (QED) is 0.576. The number of amidine groups is 1. The number of hydrogen-bond donors (Lipinski definition) is 2. The zero-order chi connectivity index (χ0) is 8.27. The summed E-state index contributed by atoms with van der Waals surface area (Å²) in [5, 5.41) is 3.19. The van der Waals surface area contributed by atoms with Crippen molar-refractivity contribution in [3.05, 3.63) is 11.8 Å². The highest BCUT2D eigenvalue weighted by molar-refractivity contribution is 5.93. The van der Waals surface area contributed by atoms with Crippen LogP contribution in [0.1, 0.15) is 13.8 Å². The van der Waals surface area contributed by atoms with E-state index in [0.29, 0.717) is 5.92 Å². The van der Waals surface area contributed by atoms with Gasteiger partial charge in [-0.25, -0.2) is 0 Å². The minimum absolute atomic E-state index is 0.644. The van der Waals surface area contributed by atoms with Gasteiger partial charge in [0.25, 0.3) is 0 Å². The molecule has 0 bridgehead atoms. The maximum Gasteiger partial charge on any atom is 0.122 e. The van der Waals surface area contributed by atoms with E-state index >= 15 is 0 Å². The van der Waals surface area contributed by atoms with Gasteiger partial charge in [-0.2, -0.15) is 0 Å². The van der Waals surface area contributed by atoms with Gasteiger partial charge in [-0.1, -0.05) is 6.92 Å². The highest BCUT2D eigenvalue weighted by Gasteiger charge is 2.07. The van der Waals surface area contributed by atoms with Crippen molar-refractivity contribution in [2.45, 2.75) is 13.8 Å². The van der Waals surface area contributed by atoms with Crippen LogP contribution >= 0.6 is 0 Å². The zero-order valence-electron chi connectivity index (χ0n) is 7.09. The third-order valence-corrected chi connectivity index (χ3v) is 1.57. The highest BCUT2D eigenvalue weighted by Crippen LogP contribution is 1.99. The van der Waals surface area contributed by atoms with Crippen molar-refractivity contribution in [1.29, 1.82) is 0 Å². The van der Waals surface area contributed by atoms with E-state index < -0.39 is 0 Å². The van der Waals surface area contributed by atoms with Crippen LogP contribution in [-0.2, 0) is 0 Å². The molecular weight excluding hydrogens is 138 g/mol. The Hall–Kier alpha value is -0.990. The largest absolute Gasteiger partial charge is 0.402 e. The number of allylic oxidation sites excluding steroid dienone is 1. The van der Waals surface area contributed by atoms with Crippen molar-refractivity contribution in [2.75, 3.05) is 13.1 Å². The van der Waals surface area contributed by atoms with Crippen LogP contribution in [0.3, 0.4) is 0 Å². The smallest absolute Gasteiger partial charge is 0.122 e. The van der Waals surface area contributed by atoms with E-state index in [1.807, 2.05) is 13.0 Å². The number of nitrogens with zero attached hydrogens (tertiary/aromatic N) is 1. The molecule has 1 atom stereocenters. The Morgan fingerprint density at radius 1 is 1.82 bits per heavy atom. The van der Waals surface area contributed by atoms with E-state index in [4.69, 9.17) is 5.73 Å². The first-order valence-electron chi connectivity index (χ1n) is 3.90. The summed E-state index contributed by atoms with van der Waals surface area (Å²) in [6.07, 6.45) is 1.87. The van der Waals surface area contributed by atoms with Crippen LogP contribution in [0.25, 0.3) is 0 Å². The van der Waals surface area contributed by atoms with Gasteiger partial charge in [-0.15, -0.1) is 0 Å². The molecule has 0 spiro atoms. The minimum Gasteiger partial charge on any atom is -0.402 e. The fraction of sp³-hybridized carbons (Fsp3) is 0.625. The predicted molar refractivity (Wildman–Crippen MR) is 47.4 cm³/mol. The van der Waals surface area contributed by atoms with Gasteiger partial charge in [0.15, 0.2) is 0 Å². The lowest BCUT2D eigenvalue weighted by Crippen LogP contribution is -2.33. The van der Waals surface area contributed by atoms with Crippen molar-refractivity contribution < 1.29 is 0 Å². The third kappa shape index (κ3) is 2.62. The van der Waals surface area contributed by atoms with Gasteiger partial charge >= 0.3 is 0 Å². The molecule has 0 aromatic rings. The van der Waals surface area contributed by atoms with E-state index in [1.54, 1.807) is 0 Å². The zero-order valence-corrected chi connectivity index (χ0v) is 7.09. The van der Waals surface area contributed by atoms with Crippen LogP contribution in [0.5, 0.6) is 0 Å². The lowest BCUT2D eigenvalue weighted by Gasteiger charge is -2.17. The van der Waals surface area contributed by atoms with Crippen molar-refractivity contribution in [1.82, 2.24) is 5.32 Å². The number of nitrogens with two attached hydrogens (primary N) is 1. The number of hydrogen-bond acceptors (Lipinski definition) is 3. The first-order valence-corrected chi connectivity index (χ1v) is 3.90. The standard InChI is InChI=1S/C8H15N3/c1-6-4-10-8(11-5-6)3-7(2)9/h3,6H,4-5,9H2,1-2H3,(H,10,11). The third-order valence-electron chi connectivity index (χ3n) is 1.57. The molecular formula is C8H15N3. The summed E-state index contributed by atoms with van der Waals surface area (Å²) in [6.45, 7) is 5.95. The second-order valence-corrected chi connectivity index (χ2v) is 3.10. The Bertz CT molecular complexity index is 190. The molecule has 0 radical (unpaired) electrons.